The quantitative estimate of drug-likeness (QED) is 0.567. The third-order valence-corrected chi connectivity index (χ3v) is 6.07. The molecule has 0 spiro atoms. The van der Waals surface area contributed by atoms with Crippen LogP contribution in [-0.4, -0.2) is 56.8 Å². The van der Waals surface area contributed by atoms with Crippen LogP contribution in [0, 0.1) is 5.82 Å². The molecule has 3 heterocycles. The minimum absolute atomic E-state index is 0.202. The summed E-state index contributed by atoms with van der Waals surface area (Å²) in [6.07, 6.45) is 8.69. The van der Waals surface area contributed by atoms with Crippen LogP contribution in [0.15, 0.2) is 61.1 Å². The normalized spacial score (nSPS) is 15.7. The van der Waals surface area contributed by atoms with Gasteiger partial charge < -0.3 is 4.90 Å². The van der Waals surface area contributed by atoms with Gasteiger partial charge in [0.1, 0.15) is 5.82 Å². The van der Waals surface area contributed by atoms with Crippen molar-refractivity contribution in [3.05, 3.63) is 78.1 Å². The number of hydrogen-bond acceptors (Lipinski definition) is 4. The third-order valence-electron chi connectivity index (χ3n) is 6.07. The number of hydrogen-bond donors (Lipinski definition) is 0. The van der Waals surface area contributed by atoms with Crippen molar-refractivity contribution in [3.8, 4) is 5.69 Å². The van der Waals surface area contributed by atoms with Gasteiger partial charge >= 0.3 is 0 Å². The van der Waals surface area contributed by atoms with Crippen molar-refractivity contribution in [2.75, 3.05) is 26.2 Å². The fraction of sp³-hybridized carbons (Fsp3) is 0.417. The Morgan fingerprint density at radius 3 is 2.67 bits per heavy atom. The topological polar surface area (TPSA) is 37.2 Å². The number of nitrogens with zero attached hydrogens (tertiary/aromatic N) is 5. The van der Waals surface area contributed by atoms with Crippen molar-refractivity contribution >= 4 is 0 Å². The van der Waals surface area contributed by atoms with Crippen LogP contribution in [0.5, 0.6) is 0 Å². The van der Waals surface area contributed by atoms with E-state index >= 15 is 0 Å². The molecule has 0 unspecified atom stereocenters. The maximum Gasteiger partial charge on any atom is 0.123 e. The highest BCUT2D eigenvalue weighted by molar-refractivity contribution is 5.40. The van der Waals surface area contributed by atoms with Gasteiger partial charge in [0.15, 0.2) is 0 Å². The monoisotopic (exact) mass is 407 g/mol. The highest BCUT2D eigenvalue weighted by Crippen LogP contribution is 2.23. The number of rotatable bonds is 8. The van der Waals surface area contributed by atoms with Gasteiger partial charge in [-0.3, -0.25) is 9.88 Å². The average molecular weight is 408 g/mol. The Morgan fingerprint density at radius 1 is 1.10 bits per heavy atom. The Balaban J connectivity index is 1.56. The molecule has 0 saturated carbocycles. The Kier molecular flexibility index (Phi) is 6.87. The average Bonchev–Trinajstić information content (AvgIpc) is 3.32. The SMILES string of the molecule is CCN1CCC(N(CCc2ccccn2)Cc2cc(F)ccc2-n2cccn2)CC1. The molecule has 0 N–H and O–H groups in total. The fourth-order valence-electron chi connectivity index (χ4n) is 4.33. The van der Waals surface area contributed by atoms with Crippen molar-refractivity contribution in [2.45, 2.75) is 38.8 Å². The summed E-state index contributed by atoms with van der Waals surface area (Å²) in [6.45, 7) is 7.18. The van der Waals surface area contributed by atoms with E-state index in [2.05, 4.69) is 32.9 Å². The molecule has 2 aromatic heterocycles. The molecule has 1 aromatic carbocycles. The molecule has 0 aliphatic carbocycles. The summed E-state index contributed by atoms with van der Waals surface area (Å²) in [5.41, 5.74) is 3.01. The molecule has 3 aromatic rings. The number of aromatic nitrogens is 3. The summed E-state index contributed by atoms with van der Waals surface area (Å²) in [5, 5.41) is 4.37. The second kappa shape index (κ2) is 9.96. The largest absolute Gasteiger partial charge is 0.303 e. The van der Waals surface area contributed by atoms with Gasteiger partial charge in [0.2, 0.25) is 0 Å². The Labute approximate surface area is 178 Å². The van der Waals surface area contributed by atoms with Crippen LogP contribution in [0.3, 0.4) is 0 Å². The van der Waals surface area contributed by atoms with E-state index in [1.165, 1.54) is 6.07 Å². The van der Waals surface area contributed by atoms with Gasteiger partial charge in [-0.15, -0.1) is 0 Å². The molecule has 1 aliphatic rings. The fourth-order valence-corrected chi connectivity index (χ4v) is 4.33. The molecule has 0 radical (unpaired) electrons. The van der Waals surface area contributed by atoms with Gasteiger partial charge in [-0.05, 0) is 74.4 Å². The van der Waals surface area contributed by atoms with Crippen LogP contribution in [0.4, 0.5) is 4.39 Å². The highest BCUT2D eigenvalue weighted by atomic mass is 19.1. The van der Waals surface area contributed by atoms with Crippen LogP contribution < -0.4 is 0 Å². The van der Waals surface area contributed by atoms with E-state index in [1.54, 1.807) is 12.3 Å². The summed E-state index contributed by atoms with van der Waals surface area (Å²) in [5.74, 6) is -0.202. The lowest BCUT2D eigenvalue weighted by molar-refractivity contribution is 0.106. The minimum Gasteiger partial charge on any atom is -0.303 e. The number of piperidine rings is 1. The van der Waals surface area contributed by atoms with Gasteiger partial charge in [0, 0.05) is 49.8 Å². The van der Waals surface area contributed by atoms with Gasteiger partial charge in [-0.25, -0.2) is 9.07 Å². The summed E-state index contributed by atoms with van der Waals surface area (Å²) in [4.78, 5) is 9.51. The summed E-state index contributed by atoms with van der Waals surface area (Å²) < 4.78 is 16.0. The number of halogens is 1. The van der Waals surface area contributed by atoms with Crippen molar-refractivity contribution in [1.82, 2.24) is 24.6 Å². The smallest absolute Gasteiger partial charge is 0.123 e. The molecule has 4 rings (SSSR count). The molecule has 1 fully saturated rings. The number of likely N-dealkylation sites (tertiary alicyclic amines) is 1. The van der Waals surface area contributed by atoms with E-state index in [1.807, 2.05) is 41.3 Å². The molecule has 158 valence electrons. The van der Waals surface area contributed by atoms with Gasteiger partial charge in [0.05, 0.1) is 5.69 Å². The zero-order chi connectivity index (χ0) is 20.8. The Bertz CT molecular complexity index is 905. The van der Waals surface area contributed by atoms with E-state index in [0.717, 1.165) is 62.4 Å². The van der Waals surface area contributed by atoms with E-state index in [9.17, 15) is 4.39 Å². The molecule has 0 bridgehead atoms. The molecular formula is C24H30FN5. The van der Waals surface area contributed by atoms with Gasteiger partial charge in [0.25, 0.3) is 0 Å². The molecular weight excluding hydrogens is 377 g/mol. The molecule has 6 heteroatoms. The lowest BCUT2D eigenvalue weighted by atomic mass is 10.0. The van der Waals surface area contributed by atoms with Gasteiger partial charge in [-0.1, -0.05) is 13.0 Å². The van der Waals surface area contributed by atoms with Crippen LogP contribution in [0.2, 0.25) is 0 Å². The van der Waals surface area contributed by atoms with E-state index < -0.39 is 0 Å². The van der Waals surface area contributed by atoms with Crippen molar-refractivity contribution in [1.29, 1.82) is 0 Å². The molecule has 30 heavy (non-hydrogen) atoms. The minimum atomic E-state index is -0.202. The second-order valence-electron chi connectivity index (χ2n) is 7.93. The van der Waals surface area contributed by atoms with Crippen LogP contribution >= 0.6 is 0 Å². The van der Waals surface area contributed by atoms with Crippen LogP contribution in [0.25, 0.3) is 5.69 Å². The first-order chi connectivity index (χ1) is 14.7. The maximum atomic E-state index is 14.2. The Morgan fingerprint density at radius 2 is 1.97 bits per heavy atom. The standard InChI is InChI=1S/C24H30FN5/c1-2-28-15-10-23(11-16-28)29(17-9-22-6-3-4-12-26-22)19-20-18-21(25)7-8-24(20)30-14-5-13-27-30/h3-8,12-14,18,23H,2,9-11,15-17,19H2,1H3. The molecule has 1 aliphatic heterocycles. The third kappa shape index (κ3) is 5.12. The molecule has 0 atom stereocenters. The highest BCUT2D eigenvalue weighted by Gasteiger charge is 2.25. The molecule has 5 nitrogen and oxygen atoms in total. The van der Waals surface area contributed by atoms with Crippen LogP contribution in [0.1, 0.15) is 31.0 Å². The first-order valence-corrected chi connectivity index (χ1v) is 10.9. The van der Waals surface area contributed by atoms with Crippen molar-refractivity contribution in [3.63, 3.8) is 0 Å². The summed E-state index contributed by atoms with van der Waals surface area (Å²) >= 11 is 0. The predicted octanol–water partition coefficient (Wildman–Crippen LogP) is 3.94. The van der Waals surface area contributed by atoms with Crippen LogP contribution in [-0.2, 0) is 13.0 Å². The zero-order valence-corrected chi connectivity index (χ0v) is 17.6. The summed E-state index contributed by atoms with van der Waals surface area (Å²) in [7, 11) is 0. The number of pyridine rings is 1. The van der Waals surface area contributed by atoms with Crippen molar-refractivity contribution in [2.24, 2.45) is 0 Å². The lowest BCUT2D eigenvalue weighted by Crippen LogP contribution is -2.45. The number of benzene rings is 1. The van der Waals surface area contributed by atoms with E-state index in [4.69, 9.17) is 0 Å². The summed E-state index contributed by atoms with van der Waals surface area (Å²) in [6, 6.07) is 13.4. The molecule has 1 saturated heterocycles. The van der Waals surface area contributed by atoms with Crippen molar-refractivity contribution < 1.29 is 4.39 Å². The predicted molar refractivity (Wildman–Crippen MR) is 117 cm³/mol. The maximum absolute atomic E-state index is 14.2. The van der Waals surface area contributed by atoms with E-state index in [0.29, 0.717) is 12.6 Å². The van der Waals surface area contributed by atoms with Gasteiger partial charge in [-0.2, -0.15) is 5.10 Å². The lowest BCUT2D eigenvalue weighted by Gasteiger charge is -2.38. The Hall–Kier alpha value is -2.57. The zero-order valence-electron chi connectivity index (χ0n) is 17.6. The molecule has 0 amide bonds. The first kappa shape index (κ1) is 20.7. The second-order valence-corrected chi connectivity index (χ2v) is 7.93. The first-order valence-electron chi connectivity index (χ1n) is 10.9. The van der Waals surface area contributed by atoms with E-state index in [-0.39, 0.29) is 5.82 Å².